The van der Waals surface area contributed by atoms with Crippen molar-refractivity contribution in [3.63, 3.8) is 0 Å². The Morgan fingerprint density at radius 2 is 0.924 bits per heavy atom. The maximum atomic E-state index is 6.85. The highest BCUT2D eigenvalue weighted by Gasteiger charge is 2.39. The van der Waals surface area contributed by atoms with Crippen molar-refractivity contribution >= 4 is 45.1 Å². The van der Waals surface area contributed by atoms with E-state index in [1.165, 1.54) is 77.9 Å². The van der Waals surface area contributed by atoms with Gasteiger partial charge < -0.3 is 9.32 Å². The molecule has 316 valence electrons. The second-order valence-corrected chi connectivity index (χ2v) is 19.4. The van der Waals surface area contributed by atoms with Crippen LogP contribution in [0.4, 0.5) is 17.1 Å². The maximum absolute atomic E-state index is 6.85. The molecule has 13 rings (SSSR count). The lowest BCUT2D eigenvalue weighted by molar-refractivity contribution is 0.660. The molecule has 0 saturated carbocycles. The summed E-state index contributed by atoms with van der Waals surface area (Å²) >= 11 is 0. The van der Waals surface area contributed by atoms with E-state index in [0.29, 0.717) is 0 Å². The van der Waals surface area contributed by atoms with Gasteiger partial charge in [0.1, 0.15) is 11.2 Å². The molecule has 0 fully saturated rings. The fourth-order valence-electron chi connectivity index (χ4n) is 12.1. The zero-order valence-corrected chi connectivity index (χ0v) is 37.8. The van der Waals surface area contributed by atoms with Crippen molar-refractivity contribution in [2.45, 2.75) is 51.4 Å². The minimum absolute atomic E-state index is 0.130. The minimum atomic E-state index is -0.201. The number of fused-ring (bicyclic) bond motifs is 11. The first kappa shape index (κ1) is 38.8. The lowest BCUT2D eigenvalue weighted by Gasteiger charge is -2.33. The van der Waals surface area contributed by atoms with Crippen LogP contribution >= 0.6 is 0 Å². The average Bonchev–Trinajstić information content (AvgIpc) is 3.95. The molecule has 1 heterocycles. The van der Waals surface area contributed by atoms with E-state index in [1.807, 2.05) is 0 Å². The van der Waals surface area contributed by atoms with E-state index in [4.69, 9.17) is 4.42 Å². The van der Waals surface area contributed by atoms with E-state index in [1.54, 1.807) is 0 Å². The summed E-state index contributed by atoms with van der Waals surface area (Å²) in [6.45, 7) is 9.53. The standard InChI is InChI=1S/C64H49NO/c1-63(2)53-32-13-8-26-50(53)59-46(27-18-33-54(59)63)43-23-9-14-34-55(43)65(57-36-16-11-25-45(57)49-30-17-29-48-42-22-7-12-31-52(42)64(3,4)61(48)49)56-35-15-10-24-44(56)47-28-19-37-58-60(47)51-39-38-40-20-5-6-21-41(40)62(51)66-58/h6-19,21-39H,5,20H2,1-4H3. The van der Waals surface area contributed by atoms with Crippen LogP contribution in [0.2, 0.25) is 0 Å². The van der Waals surface area contributed by atoms with Gasteiger partial charge in [0, 0.05) is 43.9 Å². The second kappa shape index (κ2) is 14.4. The fraction of sp³-hybridized carbons (Fsp3) is 0.125. The molecule has 0 N–H and O–H groups in total. The van der Waals surface area contributed by atoms with Crippen molar-refractivity contribution in [2.24, 2.45) is 0 Å². The van der Waals surface area contributed by atoms with Crippen LogP contribution in [-0.4, -0.2) is 0 Å². The Kier molecular flexibility index (Phi) is 8.46. The number of hydrogen-bond acceptors (Lipinski definition) is 2. The van der Waals surface area contributed by atoms with Crippen LogP contribution in [0.3, 0.4) is 0 Å². The zero-order valence-electron chi connectivity index (χ0n) is 37.8. The third kappa shape index (κ3) is 5.48. The van der Waals surface area contributed by atoms with Crippen molar-refractivity contribution in [1.82, 2.24) is 0 Å². The molecule has 0 bridgehead atoms. The normalized spacial score (nSPS) is 14.7. The SMILES string of the molecule is CC1(C)c2ccccc2-c2c(-c3ccccc3N(c3ccccc3-c3cccc4c3C(C)(C)c3ccccc3-4)c3ccccc3-c3cccc4oc5c6c(ccc5c34)CCC=C6)cccc21. The molecule has 0 atom stereocenters. The Bertz CT molecular complexity index is 3670. The van der Waals surface area contributed by atoms with Crippen LogP contribution in [0.1, 0.15) is 67.5 Å². The summed E-state index contributed by atoms with van der Waals surface area (Å²) in [7, 11) is 0. The Balaban J connectivity index is 1.11. The quantitative estimate of drug-likeness (QED) is 0.166. The molecule has 3 aliphatic carbocycles. The highest BCUT2D eigenvalue weighted by molar-refractivity contribution is 6.16. The van der Waals surface area contributed by atoms with Gasteiger partial charge in [-0.05, 0) is 104 Å². The molecule has 9 aromatic carbocycles. The summed E-state index contributed by atoms with van der Waals surface area (Å²) in [6, 6.07) is 70.2. The summed E-state index contributed by atoms with van der Waals surface area (Å²) < 4.78 is 6.85. The van der Waals surface area contributed by atoms with Gasteiger partial charge in [-0.2, -0.15) is 0 Å². The third-order valence-corrected chi connectivity index (χ3v) is 15.2. The molecule has 2 heteroatoms. The minimum Gasteiger partial charge on any atom is -0.455 e. The molecule has 10 aromatic rings. The Morgan fingerprint density at radius 3 is 1.64 bits per heavy atom. The van der Waals surface area contributed by atoms with Gasteiger partial charge in [-0.25, -0.2) is 0 Å². The monoisotopic (exact) mass is 847 g/mol. The Labute approximate surface area is 387 Å². The smallest absolute Gasteiger partial charge is 0.142 e. The van der Waals surface area contributed by atoms with Crippen LogP contribution < -0.4 is 4.90 Å². The predicted molar refractivity (Wildman–Crippen MR) is 277 cm³/mol. The van der Waals surface area contributed by atoms with Crippen molar-refractivity contribution in [1.29, 1.82) is 0 Å². The van der Waals surface area contributed by atoms with Gasteiger partial charge in [-0.15, -0.1) is 0 Å². The molecule has 0 radical (unpaired) electrons. The van der Waals surface area contributed by atoms with Gasteiger partial charge in [-0.3, -0.25) is 0 Å². The van der Waals surface area contributed by atoms with E-state index in [0.717, 1.165) is 63.0 Å². The molecule has 3 aliphatic rings. The first-order valence-electron chi connectivity index (χ1n) is 23.5. The second-order valence-electron chi connectivity index (χ2n) is 19.4. The summed E-state index contributed by atoms with van der Waals surface area (Å²) in [6.07, 6.45) is 6.63. The largest absolute Gasteiger partial charge is 0.455 e. The molecular formula is C64H49NO. The van der Waals surface area contributed by atoms with Crippen LogP contribution in [-0.2, 0) is 17.3 Å². The number of hydrogen-bond donors (Lipinski definition) is 0. The highest BCUT2D eigenvalue weighted by atomic mass is 16.3. The lowest BCUT2D eigenvalue weighted by Crippen LogP contribution is -2.17. The number of allylic oxidation sites excluding steroid dienone is 1. The zero-order chi connectivity index (χ0) is 44.3. The van der Waals surface area contributed by atoms with E-state index >= 15 is 0 Å². The molecule has 1 aromatic heterocycles. The molecule has 2 nitrogen and oxygen atoms in total. The van der Waals surface area contributed by atoms with Crippen molar-refractivity contribution in [3.05, 3.63) is 228 Å². The molecule has 0 spiro atoms. The van der Waals surface area contributed by atoms with E-state index in [9.17, 15) is 0 Å². The van der Waals surface area contributed by atoms with Crippen LogP contribution in [0.15, 0.2) is 199 Å². The Morgan fingerprint density at radius 1 is 0.424 bits per heavy atom. The topological polar surface area (TPSA) is 16.4 Å². The van der Waals surface area contributed by atoms with Crippen LogP contribution in [0.5, 0.6) is 0 Å². The molecule has 0 amide bonds. The fourth-order valence-corrected chi connectivity index (χ4v) is 12.1. The van der Waals surface area contributed by atoms with Crippen molar-refractivity contribution < 1.29 is 4.42 Å². The number of furan rings is 1. The van der Waals surface area contributed by atoms with E-state index < -0.39 is 0 Å². The van der Waals surface area contributed by atoms with Crippen LogP contribution in [0.25, 0.3) is 83.6 Å². The molecule has 0 aliphatic heterocycles. The van der Waals surface area contributed by atoms with E-state index in [2.05, 4.69) is 233 Å². The van der Waals surface area contributed by atoms with Gasteiger partial charge in [0.05, 0.1) is 17.1 Å². The van der Waals surface area contributed by atoms with E-state index in [-0.39, 0.29) is 10.8 Å². The van der Waals surface area contributed by atoms with Gasteiger partial charge in [0.2, 0.25) is 0 Å². The number of nitrogens with zero attached hydrogens (tertiary/aromatic N) is 1. The summed E-state index contributed by atoms with van der Waals surface area (Å²) in [5.41, 5.74) is 25.3. The maximum Gasteiger partial charge on any atom is 0.142 e. The number of para-hydroxylation sites is 3. The summed E-state index contributed by atoms with van der Waals surface area (Å²) in [5, 5.41) is 2.29. The van der Waals surface area contributed by atoms with Gasteiger partial charge in [0.15, 0.2) is 0 Å². The number of benzene rings is 9. The molecule has 66 heavy (non-hydrogen) atoms. The molecule has 0 unspecified atom stereocenters. The Hall–Kier alpha value is -7.68. The van der Waals surface area contributed by atoms with Gasteiger partial charge >= 0.3 is 0 Å². The van der Waals surface area contributed by atoms with Gasteiger partial charge in [0.25, 0.3) is 0 Å². The summed E-state index contributed by atoms with van der Waals surface area (Å²) in [4.78, 5) is 2.56. The van der Waals surface area contributed by atoms with Crippen molar-refractivity contribution in [3.8, 4) is 55.6 Å². The average molecular weight is 848 g/mol. The number of rotatable bonds is 6. The first-order chi connectivity index (χ1) is 32.3. The van der Waals surface area contributed by atoms with Crippen LogP contribution in [0, 0.1) is 0 Å². The number of anilines is 3. The summed E-state index contributed by atoms with van der Waals surface area (Å²) in [5.74, 6) is 0. The molecule has 0 saturated heterocycles. The molecular weight excluding hydrogens is 799 g/mol. The first-order valence-corrected chi connectivity index (χ1v) is 23.5. The van der Waals surface area contributed by atoms with Crippen molar-refractivity contribution in [2.75, 3.05) is 4.90 Å². The highest BCUT2D eigenvalue weighted by Crippen LogP contribution is 2.57. The van der Waals surface area contributed by atoms with Gasteiger partial charge in [-0.1, -0.05) is 204 Å². The lowest BCUT2D eigenvalue weighted by atomic mass is 9.78. The third-order valence-electron chi connectivity index (χ3n) is 15.2. The number of aryl methyl sites for hydroxylation is 1. The predicted octanol–water partition coefficient (Wildman–Crippen LogP) is 17.6.